The second-order valence-electron chi connectivity index (χ2n) is 7.87. The first kappa shape index (κ1) is 24.6. The predicted octanol–water partition coefficient (Wildman–Crippen LogP) is 4.23. The fraction of sp³-hybridized carbons (Fsp3) is 0.269. The van der Waals surface area contributed by atoms with E-state index < -0.39 is 5.97 Å². The molecule has 9 heteroatoms. The van der Waals surface area contributed by atoms with E-state index in [0.29, 0.717) is 16.6 Å². The molecule has 0 saturated carbocycles. The van der Waals surface area contributed by atoms with Gasteiger partial charge in [0.05, 0.1) is 26.0 Å². The number of esters is 1. The predicted molar refractivity (Wildman–Crippen MR) is 136 cm³/mol. The van der Waals surface area contributed by atoms with E-state index in [1.807, 2.05) is 30.3 Å². The van der Waals surface area contributed by atoms with Crippen molar-refractivity contribution in [1.82, 2.24) is 9.88 Å². The Morgan fingerprint density at radius 3 is 2.63 bits per heavy atom. The van der Waals surface area contributed by atoms with Crippen molar-refractivity contribution in [2.45, 2.75) is 13.5 Å². The van der Waals surface area contributed by atoms with E-state index >= 15 is 0 Å². The summed E-state index contributed by atoms with van der Waals surface area (Å²) in [5.74, 6) is 0.00478. The van der Waals surface area contributed by atoms with Gasteiger partial charge in [-0.05, 0) is 23.8 Å². The molecule has 182 valence electrons. The van der Waals surface area contributed by atoms with Gasteiger partial charge in [-0.1, -0.05) is 47.7 Å². The van der Waals surface area contributed by atoms with Crippen LogP contribution < -0.4 is 14.8 Å². The highest BCUT2D eigenvalue weighted by molar-refractivity contribution is 7.16. The number of morpholine rings is 1. The minimum atomic E-state index is -0.433. The van der Waals surface area contributed by atoms with Crippen molar-refractivity contribution in [1.29, 1.82) is 0 Å². The quantitative estimate of drug-likeness (QED) is 0.285. The molecule has 2 aromatic carbocycles. The number of carbonyl (C=O) groups excluding carboxylic acids is 2. The molecule has 0 spiro atoms. The van der Waals surface area contributed by atoms with Crippen LogP contribution in [0, 0.1) is 0 Å². The molecule has 3 aromatic rings. The summed E-state index contributed by atoms with van der Waals surface area (Å²) in [5.41, 5.74) is 2.63. The largest absolute Gasteiger partial charge is 0.493 e. The molecule has 1 N–H and O–H groups in total. The van der Waals surface area contributed by atoms with Crippen molar-refractivity contribution in [3.05, 3.63) is 65.0 Å². The molecule has 1 aliphatic heterocycles. The highest BCUT2D eigenvalue weighted by Crippen LogP contribution is 2.33. The van der Waals surface area contributed by atoms with E-state index in [2.05, 4.69) is 10.2 Å². The zero-order valence-electron chi connectivity index (χ0n) is 19.7. The fourth-order valence-electron chi connectivity index (χ4n) is 3.64. The molecule has 1 fully saturated rings. The summed E-state index contributed by atoms with van der Waals surface area (Å²) >= 11 is 1.48. The maximum Gasteiger partial charge on any atom is 0.308 e. The number of methoxy groups -OCH3 is 1. The van der Waals surface area contributed by atoms with Crippen molar-refractivity contribution in [2.75, 3.05) is 38.7 Å². The third-order valence-corrected chi connectivity index (χ3v) is 6.27. The molecule has 0 bridgehead atoms. The Morgan fingerprint density at radius 2 is 1.91 bits per heavy atom. The van der Waals surface area contributed by atoms with Gasteiger partial charge in [0.15, 0.2) is 16.6 Å². The SMILES string of the molecule is COc1cc(/C=C/C(=O)Nc2nc(-c3ccccc3)c(CN3CCOCC3)s2)ccc1OC(C)=O. The molecule has 8 nitrogen and oxygen atoms in total. The standard InChI is InChI=1S/C26H27N3O5S/c1-18(30)34-21-10-8-19(16-22(21)32-2)9-11-24(31)27-26-28-25(20-6-4-3-5-7-20)23(35-26)17-29-12-14-33-15-13-29/h3-11,16H,12-15,17H2,1-2H3,(H,27,28,31)/b11-9+. The first-order chi connectivity index (χ1) is 17.0. The summed E-state index contributed by atoms with van der Waals surface area (Å²) < 4.78 is 15.9. The zero-order valence-corrected chi connectivity index (χ0v) is 20.5. The second kappa shape index (κ2) is 11.7. The average molecular weight is 494 g/mol. The molecule has 1 aliphatic rings. The molecule has 0 aliphatic carbocycles. The van der Waals surface area contributed by atoms with Gasteiger partial charge in [0.25, 0.3) is 0 Å². The number of nitrogens with zero attached hydrogens (tertiary/aromatic N) is 2. The number of benzene rings is 2. The van der Waals surface area contributed by atoms with Crippen molar-refractivity contribution < 1.29 is 23.8 Å². The van der Waals surface area contributed by atoms with Gasteiger partial charge in [-0.15, -0.1) is 0 Å². The smallest absolute Gasteiger partial charge is 0.308 e. The number of hydrogen-bond donors (Lipinski definition) is 1. The number of nitrogens with one attached hydrogen (secondary N) is 1. The van der Waals surface area contributed by atoms with Crippen molar-refractivity contribution in [2.24, 2.45) is 0 Å². The number of anilines is 1. The van der Waals surface area contributed by atoms with Crippen molar-refractivity contribution in [3.8, 4) is 22.8 Å². The van der Waals surface area contributed by atoms with E-state index in [-0.39, 0.29) is 5.91 Å². The van der Waals surface area contributed by atoms with Crippen LogP contribution in [0.3, 0.4) is 0 Å². The number of aromatic nitrogens is 1. The number of ether oxygens (including phenoxy) is 3. The van der Waals surface area contributed by atoms with E-state index in [1.54, 1.807) is 24.3 Å². The lowest BCUT2D eigenvalue weighted by Gasteiger charge is -2.26. The molecular formula is C26H27N3O5S. The first-order valence-electron chi connectivity index (χ1n) is 11.2. The van der Waals surface area contributed by atoms with Crippen LogP contribution in [0.15, 0.2) is 54.6 Å². The normalized spacial score (nSPS) is 14.1. The Bertz CT molecular complexity index is 1200. The zero-order chi connectivity index (χ0) is 24.6. The molecule has 0 unspecified atom stereocenters. The van der Waals surface area contributed by atoms with Gasteiger partial charge in [0, 0.05) is 43.1 Å². The van der Waals surface area contributed by atoms with E-state index in [0.717, 1.165) is 54.5 Å². The number of hydrogen-bond acceptors (Lipinski definition) is 8. The van der Waals surface area contributed by atoms with Crippen LogP contribution in [0.4, 0.5) is 5.13 Å². The lowest BCUT2D eigenvalue weighted by Crippen LogP contribution is -2.35. The van der Waals surface area contributed by atoms with Gasteiger partial charge < -0.3 is 14.2 Å². The summed E-state index contributed by atoms with van der Waals surface area (Å²) in [6.07, 6.45) is 3.10. The van der Waals surface area contributed by atoms with E-state index in [9.17, 15) is 9.59 Å². The lowest BCUT2D eigenvalue weighted by atomic mass is 10.1. The summed E-state index contributed by atoms with van der Waals surface area (Å²) in [5, 5.41) is 3.43. The average Bonchev–Trinajstić information content (AvgIpc) is 3.26. The summed E-state index contributed by atoms with van der Waals surface area (Å²) in [6, 6.07) is 15.0. The van der Waals surface area contributed by atoms with Gasteiger partial charge in [0.1, 0.15) is 0 Å². The molecule has 35 heavy (non-hydrogen) atoms. The second-order valence-corrected chi connectivity index (χ2v) is 8.96. The van der Waals surface area contributed by atoms with Gasteiger partial charge >= 0.3 is 5.97 Å². The third kappa shape index (κ3) is 6.75. The minimum Gasteiger partial charge on any atom is -0.493 e. The summed E-state index contributed by atoms with van der Waals surface area (Å²) in [6.45, 7) is 5.27. The monoisotopic (exact) mass is 493 g/mol. The van der Waals surface area contributed by atoms with Crippen LogP contribution in [0.5, 0.6) is 11.5 Å². The molecule has 4 rings (SSSR count). The number of thiazole rings is 1. The van der Waals surface area contributed by atoms with Crippen LogP contribution >= 0.6 is 11.3 Å². The first-order valence-corrected chi connectivity index (χ1v) is 12.0. The van der Waals surface area contributed by atoms with Gasteiger partial charge in [-0.3, -0.25) is 19.8 Å². The van der Waals surface area contributed by atoms with Crippen molar-refractivity contribution >= 4 is 34.4 Å². The lowest BCUT2D eigenvalue weighted by molar-refractivity contribution is -0.132. The number of carbonyl (C=O) groups is 2. The van der Waals surface area contributed by atoms with Crippen LogP contribution in [0.2, 0.25) is 0 Å². The molecule has 2 heterocycles. The summed E-state index contributed by atoms with van der Waals surface area (Å²) in [7, 11) is 1.49. The molecule has 0 radical (unpaired) electrons. The topological polar surface area (TPSA) is 90.0 Å². The maximum atomic E-state index is 12.6. The van der Waals surface area contributed by atoms with Crippen LogP contribution in [-0.2, 0) is 20.9 Å². The minimum absolute atomic E-state index is 0.292. The van der Waals surface area contributed by atoms with E-state index in [1.165, 1.54) is 31.4 Å². The van der Waals surface area contributed by atoms with Crippen molar-refractivity contribution in [3.63, 3.8) is 0 Å². The van der Waals surface area contributed by atoms with Gasteiger partial charge in [0.2, 0.25) is 5.91 Å². The Hall–Kier alpha value is -3.53. The molecule has 1 aromatic heterocycles. The van der Waals surface area contributed by atoms with E-state index in [4.69, 9.17) is 19.2 Å². The Labute approximate surface area is 208 Å². The molecule has 0 atom stereocenters. The third-order valence-electron chi connectivity index (χ3n) is 5.31. The van der Waals surface area contributed by atoms with Gasteiger partial charge in [-0.2, -0.15) is 0 Å². The fourth-order valence-corrected chi connectivity index (χ4v) is 4.67. The molecular weight excluding hydrogens is 466 g/mol. The molecule has 1 amide bonds. The van der Waals surface area contributed by atoms with Crippen LogP contribution in [-0.4, -0.2) is 55.2 Å². The number of amides is 1. The van der Waals surface area contributed by atoms with Crippen LogP contribution in [0.25, 0.3) is 17.3 Å². The summed E-state index contributed by atoms with van der Waals surface area (Å²) in [4.78, 5) is 32.0. The molecule has 1 saturated heterocycles. The van der Waals surface area contributed by atoms with Crippen LogP contribution in [0.1, 0.15) is 17.4 Å². The Balaban J connectivity index is 1.48. The highest BCUT2D eigenvalue weighted by atomic mass is 32.1. The van der Waals surface area contributed by atoms with Gasteiger partial charge in [-0.25, -0.2) is 4.98 Å². The Morgan fingerprint density at radius 1 is 1.14 bits per heavy atom. The Kier molecular flexibility index (Phi) is 8.25. The maximum absolute atomic E-state index is 12.6. The number of rotatable bonds is 8. The highest BCUT2D eigenvalue weighted by Gasteiger charge is 2.18.